The minimum Gasteiger partial charge on any atom is -0.396 e. The van der Waals surface area contributed by atoms with E-state index in [9.17, 15) is 4.79 Å². The highest BCUT2D eigenvalue weighted by Gasteiger charge is 2.04. The SMILES string of the molecule is COC(C)(C)C.Nc1cnn(CC=O)c1. The van der Waals surface area contributed by atoms with Crippen LogP contribution in [0.2, 0.25) is 0 Å². The lowest BCUT2D eigenvalue weighted by Gasteiger charge is -2.14. The van der Waals surface area contributed by atoms with Gasteiger partial charge in [-0.2, -0.15) is 5.10 Å². The van der Waals surface area contributed by atoms with Crippen LogP contribution in [0.3, 0.4) is 0 Å². The van der Waals surface area contributed by atoms with E-state index in [-0.39, 0.29) is 12.1 Å². The van der Waals surface area contributed by atoms with Crippen molar-refractivity contribution in [1.29, 1.82) is 0 Å². The number of methoxy groups -OCH3 is 1. The summed E-state index contributed by atoms with van der Waals surface area (Å²) in [7, 11) is 1.71. The lowest BCUT2D eigenvalue weighted by atomic mass is 10.2. The molecule has 15 heavy (non-hydrogen) atoms. The molecule has 0 spiro atoms. The van der Waals surface area contributed by atoms with Crippen LogP contribution in [0.4, 0.5) is 5.69 Å². The standard InChI is InChI=1S/C5H7N3O.C5H12O/c6-5-3-7-8(4-5)1-2-9;1-5(2,3)6-4/h2-4H,1,6H2;1-4H3. The highest BCUT2D eigenvalue weighted by Crippen LogP contribution is 2.02. The summed E-state index contributed by atoms with van der Waals surface area (Å²) in [6, 6.07) is 0. The van der Waals surface area contributed by atoms with Crippen LogP contribution < -0.4 is 5.73 Å². The van der Waals surface area contributed by atoms with Gasteiger partial charge in [0.2, 0.25) is 0 Å². The molecule has 0 radical (unpaired) electrons. The molecule has 0 amide bonds. The first kappa shape index (κ1) is 13.6. The predicted octanol–water partition coefficient (Wildman–Crippen LogP) is 1.10. The number of hydrogen-bond donors (Lipinski definition) is 1. The van der Waals surface area contributed by atoms with Gasteiger partial charge >= 0.3 is 0 Å². The molecular formula is C10H19N3O2. The lowest BCUT2D eigenvalue weighted by molar-refractivity contribution is -0.108. The summed E-state index contributed by atoms with van der Waals surface area (Å²) in [6.45, 7) is 6.34. The quantitative estimate of drug-likeness (QED) is 0.747. The summed E-state index contributed by atoms with van der Waals surface area (Å²) >= 11 is 0. The second-order valence-corrected chi connectivity index (χ2v) is 3.98. The number of aromatic nitrogens is 2. The van der Waals surface area contributed by atoms with Gasteiger partial charge in [-0.1, -0.05) is 0 Å². The smallest absolute Gasteiger partial charge is 0.141 e. The van der Waals surface area contributed by atoms with Crippen molar-refractivity contribution in [2.45, 2.75) is 32.9 Å². The van der Waals surface area contributed by atoms with Gasteiger partial charge in [-0.25, -0.2) is 0 Å². The number of carbonyl (C=O) groups is 1. The largest absolute Gasteiger partial charge is 0.396 e. The number of rotatable bonds is 2. The van der Waals surface area contributed by atoms with Gasteiger partial charge in [0, 0.05) is 13.3 Å². The van der Waals surface area contributed by atoms with Crippen molar-refractivity contribution in [3.63, 3.8) is 0 Å². The second-order valence-electron chi connectivity index (χ2n) is 3.98. The Bertz CT molecular complexity index is 289. The van der Waals surface area contributed by atoms with Gasteiger partial charge in [0.25, 0.3) is 0 Å². The average molecular weight is 213 g/mol. The number of anilines is 1. The number of nitrogens with two attached hydrogens (primary N) is 1. The van der Waals surface area contributed by atoms with Crippen molar-refractivity contribution >= 4 is 12.0 Å². The molecule has 5 nitrogen and oxygen atoms in total. The molecule has 1 aromatic rings. The van der Waals surface area contributed by atoms with E-state index in [1.54, 1.807) is 13.3 Å². The molecule has 5 heteroatoms. The first-order valence-corrected chi connectivity index (χ1v) is 4.65. The number of hydrogen-bond acceptors (Lipinski definition) is 4. The van der Waals surface area contributed by atoms with Gasteiger partial charge in [-0.3, -0.25) is 4.68 Å². The van der Waals surface area contributed by atoms with Crippen LogP contribution in [0.15, 0.2) is 12.4 Å². The highest BCUT2D eigenvalue weighted by atomic mass is 16.5. The summed E-state index contributed by atoms with van der Waals surface area (Å²) in [6.07, 6.45) is 3.88. The zero-order valence-electron chi connectivity index (χ0n) is 9.73. The predicted molar refractivity (Wildman–Crippen MR) is 59.5 cm³/mol. The monoisotopic (exact) mass is 213 g/mol. The van der Waals surface area contributed by atoms with Crippen molar-refractivity contribution in [2.75, 3.05) is 12.8 Å². The number of nitrogen functional groups attached to an aromatic ring is 1. The second kappa shape index (κ2) is 6.19. The van der Waals surface area contributed by atoms with Gasteiger partial charge in [0.15, 0.2) is 0 Å². The summed E-state index contributed by atoms with van der Waals surface area (Å²) in [5, 5.41) is 3.77. The summed E-state index contributed by atoms with van der Waals surface area (Å²) in [4.78, 5) is 9.88. The third-order valence-electron chi connectivity index (χ3n) is 1.53. The normalized spacial score (nSPS) is 10.4. The minimum atomic E-state index is 0.0417. The van der Waals surface area contributed by atoms with Crippen LogP contribution in [-0.4, -0.2) is 28.8 Å². The van der Waals surface area contributed by atoms with Crippen LogP contribution in [0.5, 0.6) is 0 Å². The topological polar surface area (TPSA) is 70.1 Å². The molecule has 0 unspecified atom stereocenters. The first-order chi connectivity index (χ1) is 6.89. The van der Waals surface area contributed by atoms with Gasteiger partial charge in [-0.15, -0.1) is 0 Å². The van der Waals surface area contributed by atoms with Crippen LogP contribution in [-0.2, 0) is 16.1 Å². The molecule has 0 aliphatic rings. The van der Waals surface area contributed by atoms with Gasteiger partial charge in [0.05, 0.1) is 24.0 Å². The highest BCUT2D eigenvalue weighted by molar-refractivity contribution is 5.49. The molecule has 0 aliphatic carbocycles. The molecule has 1 aromatic heterocycles. The molecule has 0 atom stereocenters. The Morgan fingerprint density at radius 3 is 2.40 bits per heavy atom. The Morgan fingerprint density at radius 1 is 1.60 bits per heavy atom. The molecule has 1 heterocycles. The Hall–Kier alpha value is -1.36. The number of carbonyl (C=O) groups excluding carboxylic acids is 1. The lowest BCUT2D eigenvalue weighted by Crippen LogP contribution is -2.15. The van der Waals surface area contributed by atoms with E-state index in [4.69, 9.17) is 10.5 Å². The number of nitrogens with zero attached hydrogens (tertiary/aromatic N) is 2. The maximum Gasteiger partial charge on any atom is 0.141 e. The summed E-state index contributed by atoms with van der Waals surface area (Å²) < 4.78 is 6.41. The van der Waals surface area contributed by atoms with E-state index < -0.39 is 0 Å². The van der Waals surface area contributed by atoms with Crippen LogP contribution in [0.1, 0.15) is 20.8 Å². The van der Waals surface area contributed by atoms with Gasteiger partial charge in [-0.05, 0) is 20.8 Å². The fraction of sp³-hybridized carbons (Fsp3) is 0.600. The molecule has 0 saturated carbocycles. The third-order valence-corrected chi connectivity index (χ3v) is 1.53. The van der Waals surface area contributed by atoms with Crippen molar-refractivity contribution < 1.29 is 9.53 Å². The molecule has 0 saturated heterocycles. The number of aldehydes is 1. The van der Waals surface area contributed by atoms with E-state index in [1.165, 1.54) is 10.9 Å². The maximum absolute atomic E-state index is 9.88. The molecule has 0 bridgehead atoms. The van der Waals surface area contributed by atoms with E-state index in [0.29, 0.717) is 5.69 Å². The average Bonchev–Trinajstić information content (AvgIpc) is 2.52. The molecule has 0 fully saturated rings. The van der Waals surface area contributed by atoms with Crippen molar-refractivity contribution in [2.24, 2.45) is 0 Å². The first-order valence-electron chi connectivity index (χ1n) is 4.65. The fourth-order valence-corrected chi connectivity index (χ4v) is 0.556. The Kier molecular flexibility index (Phi) is 5.62. The Labute approximate surface area is 90.2 Å². The van der Waals surface area contributed by atoms with Crippen molar-refractivity contribution in [3.05, 3.63) is 12.4 Å². The third kappa shape index (κ3) is 7.69. The van der Waals surface area contributed by atoms with E-state index in [0.717, 1.165) is 6.29 Å². The Balaban J connectivity index is 0.000000288. The fourth-order valence-electron chi connectivity index (χ4n) is 0.556. The van der Waals surface area contributed by atoms with E-state index >= 15 is 0 Å². The van der Waals surface area contributed by atoms with E-state index in [2.05, 4.69) is 5.10 Å². The Morgan fingerprint density at radius 2 is 2.13 bits per heavy atom. The van der Waals surface area contributed by atoms with Crippen LogP contribution in [0, 0.1) is 0 Å². The van der Waals surface area contributed by atoms with Gasteiger partial charge in [0.1, 0.15) is 6.29 Å². The van der Waals surface area contributed by atoms with Gasteiger partial charge < -0.3 is 15.3 Å². The molecule has 0 aromatic carbocycles. The minimum absolute atomic E-state index is 0.0417. The molecular weight excluding hydrogens is 194 g/mol. The van der Waals surface area contributed by atoms with Crippen molar-refractivity contribution in [3.8, 4) is 0 Å². The molecule has 86 valence electrons. The summed E-state index contributed by atoms with van der Waals surface area (Å²) in [5.41, 5.74) is 5.93. The van der Waals surface area contributed by atoms with E-state index in [1.807, 2.05) is 20.8 Å². The molecule has 0 aliphatic heterocycles. The zero-order chi connectivity index (χ0) is 11.9. The molecule has 1 rings (SSSR count). The van der Waals surface area contributed by atoms with Crippen molar-refractivity contribution in [1.82, 2.24) is 9.78 Å². The van der Waals surface area contributed by atoms with Crippen LogP contribution in [0.25, 0.3) is 0 Å². The molecule has 2 N–H and O–H groups in total. The zero-order valence-corrected chi connectivity index (χ0v) is 9.73. The maximum atomic E-state index is 9.88. The summed E-state index contributed by atoms with van der Waals surface area (Å²) in [5.74, 6) is 0. The number of ether oxygens (including phenoxy) is 1. The van der Waals surface area contributed by atoms with Crippen LogP contribution >= 0.6 is 0 Å².